The van der Waals surface area contributed by atoms with Crippen LogP contribution in [0.25, 0.3) is 0 Å². The first-order valence-corrected chi connectivity index (χ1v) is 10.4. The van der Waals surface area contributed by atoms with E-state index in [9.17, 15) is 9.67 Å². The molecule has 0 amide bonds. The van der Waals surface area contributed by atoms with Crippen molar-refractivity contribution in [2.75, 3.05) is 13.2 Å². The Morgan fingerprint density at radius 3 is 1.96 bits per heavy atom. The number of hydrogen-bond acceptors (Lipinski definition) is 4. The van der Waals surface area contributed by atoms with Gasteiger partial charge >= 0.3 is 7.60 Å². The van der Waals surface area contributed by atoms with E-state index < -0.39 is 13.4 Å². The van der Waals surface area contributed by atoms with Crippen molar-refractivity contribution < 1.29 is 18.7 Å². The molecule has 0 fully saturated rings. The van der Waals surface area contributed by atoms with Gasteiger partial charge in [0.2, 0.25) is 0 Å². The van der Waals surface area contributed by atoms with E-state index in [1.807, 2.05) is 6.92 Å². The SMILES string of the molecule is CCOP(=O)(OCC)[C@H](O)/C=C(\C)CC/C=C(\C)CCC=C(C)C. The van der Waals surface area contributed by atoms with E-state index >= 15 is 0 Å². The summed E-state index contributed by atoms with van der Waals surface area (Å²) in [6, 6.07) is 0. The molecule has 0 radical (unpaired) electrons. The quantitative estimate of drug-likeness (QED) is 0.344. The number of hydrogen-bond donors (Lipinski definition) is 1. The fourth-order valence-electron chi connectivity index (χ4n) is 2.22. The van der Waals surface area contributed by atoms with Crippen LogP contribution >= 0.6 is 7.60 Å². The van der Waals surface area contributed by atoms with Crippen LogP contribution in [0.3, 0.4) is 0 Å². The summed E-state index contributed by atoms with van der Waals surface area (Å²) in [5, 5.41) is 10.2. The van der Waals surface area contributed by atoms with Crippen LogP contribution in [0.5, 0.6) is 0 Å². The highest BCUT2D eigenvalue weighted by Crippen LogP contribution is 2.52. The molecule has 5 heteroatoms. The molecule has 4 nitrogen and oxygen atoms in total. The van der Waals surface area contributed by atoms with Crippen LogP contribution in [-0.4, -0.2) is 24.2 Å². The summed E-state index contributed by atoms with van der Waals surface area (Å²) >= 11 is 0. The smallest absolute Gasteiger partial charge is 0.362 e. The van der Waals surface area contributed by atoms with Gasteiger partial charge < -0.3 is 14.2 Å². The number of aliphatic hydroxyl groups excluding tert-OH is 1. The lowest BCUT2D eigenvalue weighted by atomic mass is 10.1. The fourth-order valence-corrected chi connectivity index (χ4v) is 3.75. The van der Waals surface area contributed by atoms with Crippen LogP contribution in [0.15, 0.2) is 34.9 Å². The van der Waals surface area contributed by atoms with Gasteiger partial charge in [-0.15, -0.1) is 0 Å². The molecule has 1 atom stereocenters. The molecule has 0 aliphatic rings. The molecule has 140 valence electrons. The van der Waals surface area contributed by atoms with Gasteiger partial charge in [0.25, 0.3) is 0 Å². The molecular formula is C19H35O4P. The Bertz CT molecular complexity index is 478. The van der Waals surface area contributed by atoms with Crippen molar-refractivity contribution >= 4 is 7.60 Å². The maximum atomic E-state index is 12.4. The molecule has 0 aromatic rings. The average Bonchev–Trinajstić information content (AvgIpc) is 2.47. The van der Waals surface area contributed by atoms with Crippen molar-refractivity contribution in [2.24, 2.45) is 0 Å². The first kappa shape index (κ1) is 23.3. The maximum absolute atomic E-state index is 12.4. The molecule has 0 spiro atoms. The molecule has 0 aromatic heterocycles. The normalized spacial score (nSPS) is 14.6. The van der Waals surface area contributed by atoms with Crippen molar-refractivity contribution in [1.82, 2.24) is 0 Å². The molecule has 0 bridgehead atoms. The highest BCUT2D eigenvalue weighted by Gasteiger charge is 2.32. The predicted octanol–water partition coefficient (Wildman–Crippen LogP) is 5.99. The third-order valence-electron chi connectivity index (χ3n) is 3.50. The zero-order valence-electron chi connectivity index (χ0n) is 16.2. The summed E-state index contributed by atoms with van der Waals surface area (Å²) in [4.78, 5) is 0. The van der Waals surface area contributed by atoms with Gasteiger partial charge in [-0.05, 0) is 73.3 Å². The Balaban J connectivity index is 4.53. The van der Waals surface area contributed by atoms with Crippen molar-refractivity contribution in [2.45, 2.75) is 73.1 Å². The highest BCUT2D eigenvalue weighted by molar-refractivity contribution is 7.54. The third kappa shape index (κ3) is 10.2. The van der Waals surface area contributed by atoms with Crippen LogP contribution in [-0.2, 0) is 13.6 Å². The monoisotopic (exact) mass is 358 g/mol. The highest BCUT2D eigenvalue weighted by atomic mass is 31.2. The van der Waals surface area contributed by atoms with E-state index in [1.165, 1.54) is 11.1 Å². The first-order chi connectivity index (χ1) is 11.2. The maximum Gasteiger partial charge on any atom is 0.362 e. The lowest BCUT2D eigenvalue weighted by Gasteiger charge is -2.20. The number of rotatable bonds is 12. The van der Waals surface area contributed by atoms with Crippen LogP contribution in [0, 0.1) is 0 Å². The summed E-state index contributed by atoms with van der Waals surface area (Å²) in [6.07, 6.45) is 9.94. The summed E-state index contributed by atoms with van der Waals surface area (Å²) < 4.78 is 22.8. The molecule has 0 aliphatic carbocycles. The minimum Gasteiger partial charge on any atom is -0.377 e. The van der Waals surface area contributed by atoms with Crippen molar-refractivity contribution in [3.05, 3.63) is 34.9 Å². The summed E-state index contributed by atoms with van der Waals surface area (Å²) in [5.74, 6) is -1.21. The molecular weight excluding hydrogens is 323 g/mol. The second-order valence-corrected chi connectivity index (χ2v) is 8.34. The van der Waals surface area contributed by atoms with Crippen LogP contribution in [0.2, 0.25) is 0 Å². The van der Waals surface area contributed by atoms with Crippen LogP contribution < -0.4 is 0 Å². The van der Waals surface area contributed by atoms with E-state index in [2.05, 4.69) is 32.9 Å². The minimum absolute atomic E-state index is 0.245. The molecule has 0 saturated heterocycles. The molecule has 0 aromatic carbocycles. The van der Waals surface area contributed by atoms with Gasteiger partial charge in [-0.25, -0.2) is 0 Å². The molecule has 0 aliphatic heterocycles. The van der Waals surface area contributed by atoms with Gasteiger partial charge in [0, 0.05) is 0 Å². The summed E-state index contributed by atoms with van der Waals surface area (Å²) in [7, 11) is -3.48. The lowest BCUT2D eigenvalue weighted by Crippen LogP contribution is -2.10. The van der Waals surface area contributed by atoms with Crippen molar-refractivity contribution in [3.8, 4) is 0 Å². The van der Waals surface area contributed by atoms with Gasteiger partial charge in [-0.3, -0.25) is 4.57 Å². The van der Waals surface area contributed by atoms with Crippen molar-refractivity contribution in [1.29, 1.82) is 0 Å². The molecule has 0 heterocycles. The lowest BCUT2D eigenvalue weighted by molar-refractivity contribution is 0.168. The Labute approximate surface area is 148 Å². The van der Waals surface area contributed by atoms with Crippen LogP contribution in [0.4, 0.5) is 0 Å². The van der Waals surface area contributed by atoms with Crippen LogP contribution in [0.1, 0.15) is 67.2 Å². The second-order valence-electron chi connectivity index (χ2n) is 6.21. The van der Waals surface area contributed by atoms with E-state index in [-0.39, 0.29) is 13.2 Å². The summed E-state index contributed by atoms with van der Waals surface area (Å²) in [6.45, 7) is 12.3. The molecule has 24 heavy (non-hydrogen) atoms. The second kappa shape index (κ2) is 12.7. The summed E-state index contributed by atoms with van der Waals surface area (Å²) in [5.41, 5.74) is 3.70. The van der Waals surface area contributed by atoms with Crippen molar-refractivity contribution in [3.63, 3.8) is 0 Å². The van der Waals surface area contributed by atoms with E-state index in [0.29, 0.717) is 0 Å². The Morgan fingerprint density at radius 2 is 1.46 bits per heavy atom. The third-order valence-corrected chi connectivity index (χ3v) is 5.53. The van der Waals surface area contributed by atoms with Gasteiger partial charge in [-0.2, -0.15) is 0 Å². The van der Waals surface area contributed by atoms with E-state index in [0.717, 1.165) is 31.3 Å². The first-order valence-electron chi connectivity index (χ1n) is 8.78. The molecule has 0 saturated carbocycles. The van der Waals surface area contributed by atoms with E-state index in [1.54, 1.807) is 19.9 Å². The zero-order valence-corrected chi connectivity index (χ0v) is 17.1. The predicted molar refractivity (Wildman–Crippen MR) is 102 cm³/mol. The van der Waals surface area contributed by atoms with Gasteiger partial charge in [-0.1, -0.05) is 28.9 Å². The Hall–Kier alpha value is -0.670. The van der Waals surface area contributed by atoms with Gasteiger partial charge in [0.1, 0.15) is 0 Å². The van der Waals surface area contributed by atoms with E-state index in [4.69, 9.17) is 9.05 Å². The molecule has 0 unspecified atom stereocenters. The molecule has 0 rings (SSSR count). The topological polar surface area (TPSA) is 55.8 Å². The van der Waals surface area contributed by atoms with Gasteiger partial charge in [0.05, 0.1) is 13.2 Å². The minimum atomic E-state index is -3.48. The Kier molecular flexibility index (Phi) is 12.3. The Morgan fingerprint density at radius 1 is 0.958 bits per heavy atom. The van der Waals surface area contributed by atoms with Gasteiger partial charge in [0.15, 0.2) is 5.85 Å². The molecule has 1 N–H and O–H groups in total. The zero-order chi connectivity index (χ0) is 18.6. The largest absolute Gasteiger partial charge is 0.377 e. The standard InChI is InChI=1S/C19H35O4P/c1-7-22-24(21,23-8-2)19(20)15-18(6)14-10-13-17(5)12-9-11-16(3)4/h11,13,15,19-20H,7-10,12,14H2,1-6H3/b17-13+,18-15+/t19-/m0/s1. The average molecular weight is 358 g/mol. The number of allylic oxidation sites excluding steroid dienone is 5. The fraction of sp³-hybridized carbons (Fsp3) is 0.684. The number of aliphatic hydroxyl groups is 1.